The minimum Gasteiger partial charge on any atom is -0.354 e. The highest BCUT2D eigenvalue weighted by molar-refractivity contribution is 6.10. The van der Waals surface area contributed by atoms with Gasteiger partial charge < -0.3 is 4.90 Å². The van der Waals surface area contributed by atoms with Crippen LogP contribution in [0.5, 0.6) is 0 Å². The smallest absolute Gasteiger partial charge is 0.154 e. The first-order chi connectivity index (χ1) is 14.4. The molecule has 0 amide bonds. The number of aliphatic imine (C=N–C) groups is 1. The summed E-state index contributed by atoms with van der Waals surface area (Å²) in [5, 5.41) is 8.71. The second-order valence-electron chi connectivity index (χ2n) is 10.5. The minimum atomic E-state index is -0.0575. The zero-order valence-electron chi connectivity index (χ0n) is 21.0. The van der Waals surface area contributed by atoms with Crippen molar-refractivity contribution in [3.63, 3.8) is 0 Å². The van der Waals surface area contributed by atoms with Gasteiger partial charge in [-0.2, -0.15) is 0 Å². The van der Waals surface area contributed by atoms with Crippen LogP contribution in [-0.2, 0) is 5.41 Å². The number of rotatable bonds is 6. The summed E-state index contributed by atoms with van der Waals surface area (Å²) < 4.78 is 0. The molecule has 3 nitrogen and oxygen atoms in total. The molecule has 2 aromatic rings. The number of nitrogens with zero attached hydrogens (tertiary/aromatic N) is 2. The van der Waals surface area contributed by atoms with Gasteiger partial charge in [0.2, 0.25) is 0 Å². The van der Waals surface area contributed by atoms with E-state index in [2.05, 4.69) is 104 Å². The summed E-state index contributed by atoms with van der Waals surface area (Å²) in [6.07, 6.45) is 2.15. The van der Waals surface area contributed by atoms with E-state index in [0.29, 0.717) is 11.8 Å². The molecule has 1 N–H and O–H groups in total. The lowest BCUT2D eigenvalue weighted by molar-refractivity contribution is 0.236. The fraction of sp³-hybridized carbons (Fsp3) is 0.500. The number of hydrogen-bond donors (Lipinski definition) is 1. The maximum Gasteiger partial charge on any atom is 0.154 e. The van der Waals surface area contributed by atoms with E-state index in [1.165, 1.54) is 11.1 Å². The molecule has 0 saturated heterocycles. The molecule has 2 rings (SSSR count). The standard InChI is InChI=1S/C28H41N3/c1-10-19-28(7,8)31(9)26(23-15-17-24(18-16-23)27(4,5)6)30-25(29)22-13-11-21(12-14-22)20(2)3/h11-18,20,29H,10,19H2,1-9H3. The fourth-order valence-corrected chi connectivity index (χ4v) is 3.72. The molecule has 0 radical (unpaired) electrons. The number of benzene rings is 2. The minimum absolute atomic E-state index is 0.0575. The Morgan fingerprint density at radius 2 is 1.42 bits per heavy atom. The van der Waals surface area contributed by atoms with Crippen molar-refractivity contribution in [2.45, 2.75) is 85.1 Å². The fourth-order valence-electron chi connectivity index (χ4n) is 3.72. The summed E-state index contributed by atoms with van der Waals surface area (Å²) in [4.78, 5) is 7.09. The van der Waals surface area contributed by atoms with Crippen LogP contribution in [0.4, 0.5) is 0 Å². The predicted molar refractivity (Wildman–Crippen MR) is 136 cm³/mol. The molecule has 3 heteroatoms. The van der Waals surface area contributed by atoms with Gasteiger partial charge in [-0.3, -0.25) is 5.41 Å². The normalized spacial score (nSPS) is 12.9. The van der Waals surface area contributed by atoms with Crippen molar-refractivity contribution in [3.05, 3.63) is 70.8 Å². The van der Waals surface area contributed by atoms with Crippen molar-refractivity contribution in [2.75, 3.05) is 7.05 Å². The Morgan fingerprint density at radius 3 is 1.87 bits per heavy atom. The van der Waals surface area contributed by atoms with Crippen LogP contribution >= 0.6 is 0 Å². The number of nitrogens with one attached hydrogen (secondary N) is 1. The van der Waals surface area contributed by atoms with E-state index in [0.717, 1.165) is 29.8 Å². The maximum absolute atomic E-state index is 8.71. The third-order valence-electron chi connectivity index (χ3n) is 6.17. The van der Waals surface area contributed by atoms with E-state index >= 15 is 0 Å². The number of hydrogen-bond acceptors (Lipinski definition) is 1. The molecule has 0 heterocycles. The van der Waals surface area contributed by atoms with Crippen molar-refractivity contribution in [2.24, 2.45) is 4.99 Å². The van der Waals surface area contributed by atoms with Crippen LogP contribution in [0.3, 0.4) is 0 Å². The predicted octanol–water partition coefficient (Wildman–Crippen LogP) is 7.39. The maximum atomic E-state index is 8.71. The average Bonchev–Trinajstić information content (AvgIpc) is 2.70. The summed E-state index contributed by atoms with van der Waals surface area (Å²) in [5.74, 6) is 1.62. The van der Waals surface area contributed by atoms with Gasteiger partial charge in [-0.15, -0.1) is 0 Å². The summed E-state index contributed by atoms with van der Waals surface area (Å²) in [6, 6.07) is 16.9. The Labute approximate surface area is 190 Å². The van der Waals surface area contributed by atoms with Crippen molar-refractivity contribution < 1.29 is 0 Å². The molecule has 31 heavy (non-hydrogen) atoms. The first-order valence-electron chi connectivity index (χ1n) is 11.5. The van der Waals surface area contributed by atoms with Crippen LogP contribution in [0.25, 0.3) is 0 Å². The lowest BCUT2D eigenvalue weighted by Crippen LogP contribution is -2.45. The third kappa shape index (κ3) is 6.29. The molecule has 0 atom stereocenters. The Balaban J connectivity index is 2.49. The van der Waals surface area contributed by atoms with Gasteiger partial charge in [-0.05, 0) is 42.7 Å². The molecule has 168 valence electrons. The summed E-state index contributed by atoms with van der Waals surface area (Å²) in [6.45, 7) is 17.7. The van der Waals surface area contributed by atoms with Gasteiger partial charge in [0.15, 0.2) is 5.84 Å². The van der Waals surface area contributed by atoms with Crippen molar-refractivity contribution >= 4 is 11.7 Å². The molecular weight excluding hydrogens is 378 g/mol. The Bertz CT molecular complexity index is 895. The lowest BCUT2D eigenvalue weighted by atomic mass is 9.86. The summed E-state index contributed by atoms with van der Waals surface area (Å²) in [5.41, 5.74) is 4.51. The largest absolute Gasteiger partial charge is 0.354 e. The third-order valence-corrected chi connectivity index (χ3v) is 6.17. The van der Waals surface area contributed by atoms with Gasteiger partial charge >= 0.3 is 0 Å². The highest BCUT2D eigenvalue weighted by Crippen LogP contribution is 2.26. The van der Waals surface area contributed by atoms with Gasteiger partial charge in [0.1, 0.15) is 5.84 Å². The highest BCUT2D eigenvalue weighted by atomic mass is 15.2. The summed E-state index contributed by atoms with van der Waals surface area (Å²) in [7, 11) is 2.10. The van der Waals surface area contributed by atoms with Gasteiger partial charge in [-0.25, -0.2) is 4.99 Å². The average molecular weight is 420 g/mol. The molecule has 0 fully saturated rings. The van der Waals surface area contributed by atoms with E-state index in [1.54, 1.807) is 0 Å². The van der Waals surface area contributed by atoms with Crippen LogP contribution < -0.4 is 0 Å². The Morgan fingerprint density at radius 1 is 0.903 bits per heavy atom. The van der Waals surface area contributed by atoms with Crippen LogP contribution in [0.1, 0.15) is 96.4 Å². The quantitative estimate of drug-likeness (QED) is 0.385. The molecule has 0 aromatic heterocycles. The van der Waals surface area contributed by atoms with Crippen LogP contribution in [0, 0.1) is 5.41 Å². The Kier molecular flexibility index (Phi) is 7.86. The van der Waals surface area contributed by atoms with E-state index in [1.807, 2.05) is 12.1 Å². The van der Waals surface area contributed by atoms with Crippen molar-refractivity contribution in [1.82, 2.24) is 4.90 Å². The van der Waals surface area contributed by atoms with Crippen LogP contribution in [0.15, 0.2) is 53.5 Å². The SMILES string of the molecule is CCCC(C)(C)N(C)C(=NC(=N)c1ccc(C(C)C)cc1)c1ccc(C(C)(C)C)cc1. The van der Waals surface area contributed by atoms with Crippen molar-refractivity contribution in [3.8, 4) is 0 Å². The van der Waals surface area contributed by atoms with Gasteiger partial charge in [-0.1, -0.05) is 96.5 Å². The first-order valence-corrected chi connectivity index (χ1v) is 11.5. The second-order valence-corrected chi connectivity index (χ2v) is 10.5. The van der Waals surface area contributed by atoms with Gasteiger partial charge in [0.25, 0.3) is 0 Å². The van der Waals surface area contributed by atoms with Crippen molar-refractivity contribution in [1.29, 1.82) is 5.41 Å². The molecule has 0 bridgehead atoms. The second kappa shape index (κ2) is 9.80. The zero-order valence-corrected chi connectivity index (χ0v) is 21.0. The monoisotopic (exact) mass is 419 g/mol. The van der Waals surface area contributed by atoms with E-state index < -0.39 is 0 Å². The van der Waals surface area contributed by atoms with Gasteiger partial charge in [0.05, 0.1) is 0 Å². The van der Waals surface area contributed by atoms with E-state index in [9.17, 15) is 0 Å². The molecule has 0 aliphatic heterocycles. The summed E-state index contributed by atoms with van der Waals surface area (Å²) >= 11 is 0. The van der Waals surface area contributed by atoms with Crippen LogP contribution in [0.2, 0.25) is 0 Å². The van der Waals surface area contributed by atoms with E-state index in [-0.39, 0.29) is 11.0 Å². The molecule has 0 saturated carbocycles. The van der Waals surface area contributed by atoms with Crippen LogP contribution in [-0.4, -0.2) is 29.2 Å². The zero-order chi connectivity index (χ0) is 23.4. The first kappa shape index (κ1) is 24.8. The molecule has 0 aliphatic rings. The molecular formula is C28H41N3. The molecule has 0 unspecified atom stereocenters. The lowest BCUT2D eigenvalue weighted by Gasteiger charge is -2.38. The highest BCUT2D eigenvalue weighted by Gasteiger charge is 2.27. The van der Waals surface area contributed by atoms with Gasteiger partial charge in [0, 0.05) is 23.7 Å². The molecule has 0 spiro atoms. The number of amidine groups is 2. The Hall–Kier alpha value is -2.42. The molecule has 2 aromatic carbocycles. The molecule has 0 aliphatic carbocycles. The topological polar surface area (TPSA) is 39.5 Å². The van der Waals surface area contributed by atoms with E-state index in [4.69, 9.17) is 10.4 Å².